The zero-order valence-corrected chi connectivity index (χ0v) is 17.2. The molecule has 0 radical (unpaired) electrons. The van der Waals surface area contributed by atoms with Gasteiger partial charge < -0.3 is 5.32 Å². The van der Waals surface area contributed by atoms with Crippen LogP contribution >= 0.6 is 11.6 Å². The van der Waals surface area contributed by atoms with Gasteiger partial charge in [0.1, 0.15) is 0 Å². The number of anilines is 3. The maximum Gasteiger partial charge on any atom is 0.257 e. The number of para-hydroxylation sites is 1. The molecule has 0 spiro atoms. The zero-order chi connectivity index (χ0) is 20.9. The fourth-order valence-electron chi connectivity index (χ4n) is 2.76. The van der Waals surface area contributed by atoms with Crippen LogP contribution in [0.25, 0.3) is 5.95 Å². The minimum atomic E-state index is 0.288. The number of rotatable bonds is 6. The van der Waals surface area contributed by atoms with Crippen LogP contribution < -0.4 is 10.7 Å². The Hall–Kier alpha value is -3.78. The molecule has 0 atom stereocenters. The van der Waals surface area contributed by atoms with Crippen LogP contribution in [0.15, 0.2) is 65.8 Å². The first kappa shape index (κ1) is 19.5. The smallest absolute Gasteiger partial charge is 0.257 e. The van der Waals surface area contributed by atoms with Gasteiger partial charge in [-0.15, -0.1) is 0 Å². The van der Waals surface area contributed by atoms with Crippen LogP contribution in [-0.4, -0.2) is 30.9 Å². The van der Waals surface area contributed by atoms with Gasteiger partial charge in [0.25, 0.3) is 5.95 Å². The Morgan fingerprint density at radius 2 is 1.67 bits per heavy atom. The lowest BCUT2D eigenvalue weighted by Gasteiger charge is -2.09. The number of benzene rings is 2. The van der Waals surface area contributed by atoms with Gasteiger partial charge in [-0.1, -0.05) is 41.9 Å². The molecule has 0 aliphatic rings. The standard InChI is InChI=1S/C21H19ClN8/c1-14-12-15(2)30(29-14)21-26-19(24-18-6-4-3-5-7-18)25-20(27-21)28-23-13-16-8-10-17(22)11-9-16/h3-13H,1-2H3,(H2,24,25,26,27,28)/b23-13+. The van der Waals surface area contributed by atoms with Crippen LogP contribution in [0.5, 0.6) is 0 Å². The molecule has 0 amide bonds. The second-order valence-electron chi connectivity index (χ2n) is 6.53. The molecule has 0 aliphatic carbocycles. The molecule has 30 heavy (non-hydrogen) atoms. The van der Waals surface area contributed by atoms with Crippen molar-refractivity contribution in [2.45, 2.75) is 13.8 Å². The third kappa shape index (κ3) is 4.79. The van der Waals surface area contributed by atoms with Crippen molar-refractivity contribution >= 4 is 35.4 Å². The predicted molar refractivity (Wildman–Crippen MR) is 119 cm³/mol. The second kappa shape index (κ2) is 8.71. The number of hydrazone groups is 1. The lowest BCUT2D eigenvalue weighted by Crippen LogP contribution is -2.11. The summed E-state index contributed by atoms with van der Waals surface area (Å²) in [5.41, 5.74) is 6.41. The number of hydrogen-bond acceptors (Lipinski definition) is 7. The fourth-order valence-corrected chi connectivity index (χ4v) is 2.89. The van der Waals surface area contributed by atoms with E-state index in [0.29, 0.717) is 16.9 Å². The number of aryl methyl sites for hydroxylation is 2. The van der Waals surface area contributed by atoms with Gasteiger partial charge in [-0.2, -0.15) is 25.2 Å². The number of aromatic nitrogens is 5. The van der Waals surface area contributed by atoms with E-state index in [0.717, 1.165) is 22.6 Å². The molecule has 2 heterocycles. The van der Waals surface area contributed by atoms with Crippen LogP contribution in [-0.2, 0) is 0 Å². The summed E-state index contributed by atoms with van der Waals surface area (Å²) >= 11 is 5.91. The number of halogens is 1. The lowest BCUT2D eigenvalue weighted by molar-refractivity contribution is 0.767. The van der Waals surface area contributed by atoms with Crippen LogP contribution in [0.1, 0.15) is 17.0 Å². The van der Waals surface area contributed by atoms with E-state index in [2.05, 4.69) is 35.9 Å². The van der Waals surface area contributed by atoms with E-state index in [1.165, 1.54) is 0 Å². The quantitative estimate of drug-likeness (QED) is 0.353. The Kier molecular flexibility index (Phi) is 5.67. The first-order chi connectivity index (χ1) is 14.6. The molecule has 9 heteroatoms. The van der Waals surface area contributed by atoms with Crippen LogP contribution in [0.3, 0.4) is 0 Å². The van der Waals surface area contributed by atoms with E-state index in [1.807, 2.05) is 62.4 Å². The van der Waals surface area contributed by atoms with E-state index in [9.17, 15) is 0 Å². The summed E-state index contributed by atoms with van der Waals surface area (Å²) in [5.74, 6) is 1.05. The Bertz CT molecular complexity index is 1170. The van der Waals surface area contributed by atoms with Gasteiger partial charge in [-0.05, 0) is 49.7 Å². The molecule has 4 rings (SSSR count). The van der Waals surface area contributed by atoms with Gasteiger partial charge in [0.05, 0.1) is 11.9 Å². The monoisotopic (exact) mass is 418 g/mol. The van der Waals surface area contributed by atoms with E-state index < -0.39 is 0 Å². The Balaban J connectivity index is 1.64. The number of hydrogen-bond donors (Lipinski definition) is 2. The highest BCUT2D eigenvalue weighted by Crippen LogP contribution is 2.16. The molecule has 150 valence electrons. The van der Waals surface area contributed by atoms with Crippen molar-refractivity contribution in [1.82, 2.24) is 24.7 Å². The first-order valence-electron chi connectivity index (χ1n) is 9.23. The van der Waals surface area contributed by atoms with Crippen LogP contribution in [0.2, 0.25) is 5.02 Å². The van der Waals surface area contributed by atoms with Crippen molar-refractivity contribution in [3.8, 4) is 5.95 Å². The van der Waals surface area contributed by atoms with Crippen molar-refractivity contribution in [1.29, 1.82) is 0 Å². The molecular formula is C21H19ClN8. The van der Waals surface area contributed by atoms with Gasteiger partial charge in [0, 0.05) is 16.4 Å². The van der Waals surface area contributed by atoms with Gasteiger partial charge in [-0.25, -0.2) is 10.1 Å². The average Bonchev–Trinajstić information content (AvgIpc) is 3.08. The molecule has 8 nitrogen and oxygen atoms in total. The molecule has 0 aliphatic heterocycles. The average molecular weight is 419 g/mol. The predicted octanol–water partition coefficient (Wildman–Crippen LogP) is 4.52. The summed E-state index contributed by atoms with van der Waals surface area (Å²) in [6.45, 7) is 3.86. The molecular weight excluding hydrogens is 400 g/mol. The van der Waals surface area contributed by atoms with E-state index in [-0.39, 0.29) is 5.95 Å². The maximum atomic E-state index is 5.91. The molecule has 2 aromatic carbocycles. The minimum absolute atomic E-state index is 0.288. The first-order valence-corrected chi connectivity index (χ1v) is 9.61. The van der Waals surface area contributed by atoms with Gasteiger partial charge in [0.2, 0.25) is 11.9 Å². The largest absolute Gasteiger partial charge is 0.324 e. The number of nitrogens with one attached hydrogen (secondary N) is 2. The Morgan fingerprint density at radius 3 is 2.37 bits per heavy atom. The van der Waals surface area contributed by atoms with Gasteiger partial charge in [0.15, 0.2) is 0 Å². The third-order valence-electron chi connectivity index (χ3n) is 4.10. The summed E-state index contributed by atoms with van der Waals surface area (Å²) in [4.78, 5) is 13.4. The van der Waals surface area contributed by atoms with Crippen molar-refractivity contribution in [3.63, 3.8) is 0 Å². The fraction of sp³-hybridized carbons (Fsp3) is 0.0952. The van der Waals surface area contributed by atoms with Gasteiger partial charge in [-0.3, -0.25) is 0 Å². The highest BCUT2D eigenvalue weighted by atomic mass is 35.5. The third-order valence-corrected chi connectivity index (χ3v) is 4.35. The van der Waals surface area contributed by atoms with Crippen molar-refractivity contribution in [2.24, 2.45) is 5.10 Å². The Morgan fingerprint density at radius 1 is 0.933 bits per heavy atom. The Labute approximate surface area is 178 Å². The molecule has 0 unspecified atom stereocenters. The zero-order valence-electron chi connectivity index (χ0n) is 16.4. The number of nitrogens with zero attached hydrogens (tertiary/aromatic N) is 6. The summed E-state index contributed by atoms with van der Waals surface area (Å²) in [6, 6.07) is 19.0. The lowest BCUT2D eigenvalue weighted by atomic mass is 10.2. The molecule has 4 aromatic rings. The normalized spacial score (nSPS) is 11.0. The second-order valence-corrected chi connectivity index (χ2v) is 6.97. The molecule has 2 aromatic heterocycles. The minimum Gasteiger partial charge on any atom is -0.324 e. The van der Waals surface area contributed by atoms with E-state index in [4.69, 9.17) is 11.6 Å². The molecule has 2 N–H and O–H groups in total. The molecule has 0 fully saturated rings. The van der Waals surface area contributed by atoms with Crippen molar-refractivity contribution < 1.29 is 0 Å². The van der Waals surface area contributed by atoms with E-state index in [1.54, 1.807) is 23.0 Å². The van der Waals surface area contributed by atoms with Crippen molar-refractivity contribution in [2.75, 3.05) is 10.7 Å². The molecule has 0 saturated heterocycles. The SMILES string of the molecule is Cc1cc(C)n(-c2nc(N/N=C/c3ccc(Cl)cc3)nc(Nc3ccccc3)n2)n1. The highest BCUT2D eigenvalue weighted by molar-refractivity contribution is 6.30. The maximum absolute atomic E-state index is 5.91. The summed E-state index contributed by atoms with van der Waals surface area (Å²) in [7, 11) is 0. The summed E-state index contributed by atoms with van der Waals surface area (Å²) in [5, 5.41) is 12.5. The summed E-state index contributed by atoms with van der Waals surface area (Å²) in [6.07, 6.45) is 1.66. The van der Waals surface area contributed by atoms with Gasteiger partial charge >= 0.3 is 0 Å². The summed E-state index contributed by atoms with van der Waals surface area (Å²) < 4.78 is 1.67. The van der Waals surface area contributed by atoms with Crippen molar-refractivity contribution in [3.05, 3.63) is 82.6 Å². The van der Waals surface area contributed by atoms with Crippen LogP contribution in [0.4, 0.5) is 17.6 Å². The molecule has 0 saturated carbocycles. The van der Waals surface area contributed by atoms with Crippen LogP contribution in [0, 0.1) is 13.8 Å². The topological polar surface area (TPSA) is 92.9 Å². The molecule has 0 bridgehead atoms. The van der Waals surface area contributed by atoms with E-state index >= 15 is 0 Å². The highest BCUT2D eigenvalue weighted by Gasteiger charge is 2.12.